The third-order valence-corrected chi connectivity index (χ3v) is 3.46. The molecule has 0 saturated carbocycles. The lowest BCUT2D eigenvalue weighted by molar-refractivity contribution is -0.384. The third-order valence-electron chi connectivity index (χ3n) is 3.46. The summed E-state index contributed by atoms with van der Waals surface area (Å²) in [5.41, 5.74) is -0.963. The molecule has 136 valence electrons. The summed E-state index contributed by atoms with van der Waals surface area (Å²) in [6.07, 6.45) is 0. The van der Waals surface area contributed by atoms with Crippen molar-refractivity contribution in [1.82, 2.24) is 4.90 Å². The quantitative estimate of drug-likeness (QED) is 0.599. The van der Waals surface area contributed by atoms with Gasteiger partial charge in [-0.2, -0.15) is 0 Å². The van der Waals surface area contributed by atoms with E-state index in [0.29, 0.717) is 5.75 Å². The van der Waals surface area contributed by atoms with Crippen molar-refractivity contribution in [3.05, 3.63) is 69.5 Å². The maximum absolute atomic E-state index is 13.1. The van der Waals surface area contributed by atoms with Crippen LogP contribution in [0.15, 0.2) is 42.5 Å². The number of hydrogen-bond acceptors (Lipinski definition) is 5. The number of likely N-dealkylation sites (N-methyl/N-ethyl adjacent to an activating group) is 1. The van der Waals surface area contributed by atoms with Crippen LogP contribution in [0.25, 0.3) is 0 Å². The van der Waals surface area contributed by atoms with Crippen molar-refractivity contribution in [1.29, 1.82) is 0 Å². The van der Waals surface area contributed by atoms with Crippen molar-refractivity contribution in [2.45, 2.75) is 0 Å². The van der Waals surface area contributed by atoms with E-state index < -0.39 is 28.3 Å². The molecule has 0 unspecified atom stereocenters. The van der Waals surface area contributed by atoms with E-state index in [0.717, 1.165) is 18.2 Å². The monoisotopic (exact) mass is 362 g/mol. The van der Waals surface area contributed by atoms with E-state index in [9.17, 15) is 24.1 Å². The molecule has 0 bridgehead atoms. The number of carboxylic acids is 1. The Morgan fingerprint density at radius 2 is 1.92 bits per heavy atom. The summed E-state index contributed by atoms with van der Waals surface area (Å²) in [6, 6.07) is 8.47. The number of hydrogen-bond donors (Lipinski definition) is 1. The van der Waals surface area contributed by atoms with Gasteiger partial charge in [0.1, 0.15) is 18.2 Å². The number of ether oxygens (including phenoxy) is 1. The molecule has 0 saturated heterocycles. The number of non-ortho nitro benzene ring substituents is 1. The zero-order chi connectivity index (χ0) is 19.3. The Morgan fingerprint density at radius 1 is 1.23 bits per heavy atom. The molecule has 1 amide bonds. The Kier molecular flexibility index (Phi) is 5.84. The van der Waals surface area contributed by atoms with Gasteiger partial charge in [-0.25, -0.2) is 9.18 Å². The number of carbonyl (C=O) groups is 2. The number of nitro benzene ring substituents is 1. The predicted molar refractivity (Wildman–Crippen MR) is 88.9 cm³/mol. The third kappa shape index (κ3) is 4.76. The van der Waals surface area contributed by atoms with Crippen LogP contribution in [0.4, 0.5) is 10.1 Å². The molecule has 0 aliphatic carbocycles. The average molecular weight is 362 g/mol. The lowest BCUT2D eigenvalue weighted by Gasteiger charge is -2.17. The summed E-state index contributed by atoms with van der Waals surface area (Å²) < 4.78 is 18.4. The molecule has 9 heteroatoms. The lowest BCUT2D eigenvalue weighted by atomic mass is 10.1. The largest absolute Gasteiger partial charge is 0.492 e. The minimum Gasteiger partial charge on any atom is -0.492 e. The Balaban J connectivity index is 2.07. The second-order valence-corrected chi connectivity index (χ2v) is 5.36. The molecule has 1 N–H and O–H groups in total. The molecule has 8 nitrogen and oxygen atoms in total. The van der Waals surface area contributed by atoms with E-state index in [2.05, 4.69) is 0 Å². The number of carbonyl (C=O) groups excluding carboxylic acids is 1. The first-order valence-corrected chi connectivity index (χ1v) is 7.44. The summed E-state index contributed by atoms with van der Waals surface area (Å²) in [5.74, 6) is -2.13. The molecule has 0 spiro atoms. The van der Waals surface area contributed by atoms with Gasteiger partial charge in [-0.1, -0.05) is 6.07 Å². The number of nitrogens with zero attached hydrogens (tertiary/aromatic N) is 2. The smallest absolute Gasteiger partial charge is 0.335 e. The van der Waals surface area contributed by atoms with Crippen LogP contribution >= 0.6 is 0 Å². The molecular formula is C17H15FN2O6. The zero-order valence-electron chi connectivity index (χ0n) is 13.7. The van der Waals surface area contributed by atoms with Gasteiger partial charge >= 0.3 is 5.97 Å². The number of benzene rings is 2. The van der Waals surface area contributed by atoms with Gasteiger partial charge in [0, 0.05) is 30.8 Å². The van der Waals surface area contributed by atoms with Gasteiger partial charge in [-0.3, -0.25) is 14.9 Å². The molecule has 2 rings (SSSR count). The van der Waals surface area contributed by atoms with E-state index in [1.807, 2.05) is 0 Å². The molecular weight excluding hydrogens is 347 g/mol. The number of amides is 1. The highest BCUT2D eigenvalue weighted by molar-refractivity contribution is 5.98. The Morgan fingerprint density at radius 3 is 2.54 bits per heavy atom. The van der Waals surface area contributed by atoms with Crippen LogP contribution in [0, 0.1) is 15.9 Å². The van der Waals surface area contributed by atoms with Crippen LogP contribution < -0.4 is 4.74 Å². The molecule has 0 aromatic heterocycles. The number of halogens is 1. The molecule has 0 aliphatic rings. The van der Waals surface area contributed by atoms with Crippen LogP contribution in [-0.4, -0.2) is 47.0 Å². The van der Waals surface area contributed by atoms with E-state index in [4.69, 9.17) is 9.84 Å². The molecule has 0 radical (unpaired) electrons. The SMILES string of the molecule is CN(CCOc1cccc(F)c1)C(=O)c1cc(C(=O)O)cc([N+](=O)[O-])c1. The van der Waals surface area contributed by atoms with Gasteiger partial charge in [0.2, 0.25) is 0 Å². The van der Waals surface area contributed by atoms with Crippen LogP contribution in [0.2, 0.25) is 0 Å². The van der Waals surface area contributed by atoms with E-state index in [-0.39, 0.29) is 24.3 Å². The minimum absolute atomic E-state index is 0.0619. The topological polar surface area (TPSA) is 110 Å². The lowest BCUT2D eigenvalue weighted by Crippen LogP contribution is -2.31. The van der Waals surface area contributed by atoms with E-state index in [1.165, 1.54) is 30.1 Å². The summed E-state index contributed by atoms with van der Waals surface area (Å²) in [5, 5.41) is 19.9. The molecule has 0 atom stereocenters. The predicted octanol–water partition coefficient (Wildman–Crippen LogP) is 2.58. The minimum atomic E-state index is -1.38. The number of rotatable bonds is 7. The molecule has 2 aromatic rings. The normalized spacial score (nSPS) is 10.2. The van der Waals surface area contributed by atoms with Gasteiger partial charge in [-0.05, 0) is 18.2 Å². The fourth-order valence-corrected chi connectivity index (χ4v) is 2.14. The average Bonchev–Trinajstić information content (AvgIpc) is 2.60. The number of aromatic carboxylic acids is 1. The molecule has 0 heterocycles. The summed E-state index contributed by atoms with van der Waals surface area (Å²) in [7, 11) is 1.44. The fraction of sp³-hybridized carbons (Fsp3) is 0.176. The first kappa shape index (κ1) is 18.8. The van der Waals surface area contributed by atoms with E-state index in [1.54, 1.807) is 6.07 Å². The highest BCUT2D eigenvalue weighted by atomic mass is 19.1. The fourth-order valence-electron chi connectivity index (χ4n) is 2.14. The highest BCUT2D eigenvalue weighted by Gasteiger charge is 2.19. The summed E-state index contributed by atoms with van der Waals surface area (Å²) in [4.78, 5) is 34.8. The van der Waals surface area contributed by atoms with Crippen LogP contribution in [0.1, 0.15) is 20.7 Å². The molecule has 2 aromatic carbocycles. The van der Waals surface area contributed by atoms with Gasteiger partial charge in [0.05, 0.1) is 17.0 Å². The maximum Gasteiger partial charge on any atom is 0.335 e. The van der Waals surface area contributed by atoms with E-state index >= 15 is 0 Å². The molecule has 26 heavy (non-hydrogen) atoms. The van der Waals surface area contributed by atoms with Crippen molar-refractivity contribution in [2.24, 2.45) is 0 Å². The van der Waals surface area contributed by atoms with Crippen molar-refractivity contribution >= 4 is 17.6 Å². The van der Waals surface area contributed by atoms with Crippen molar-refractivity contribution in [3.63, 3.8) is 0 Å². The molecule has 0 fully saturated rings. The maximum atomic E-state index is 13.1. The zero-order valence-corrected chi connectivity index (χ0v) is 13.7. The van der Waals surface area contributed by atoms with Gasteiger partial charge in [0.15, 0.2) is 0 Å². The van der Waals surface area contributed by atoms with Gasteiger partial charge < -0.3 is 14.7 Å². The van der Waals surface area contributed by atoms with Crippen LogP contribution in [0.3, 0.4) is 0 Å². The number of carboxylic acid groups (broad SMARTS) is 1. The Hall–Kier alpha value is -3.49. The second kappa shape index (κ2) is 8.06. The van der Waals surface area contributed by atoms with Crippen LogP contribution in [0.5, 0.6) is 5.75 Å². The second-order valence-electron chi connectivity index (χ2n) is 5.36. The van der Waals surface area contributed by atoms with Crippen molar-refractivity contribution < 1.29 is 28.7 Å². The van der Waals surface area contributed by atoms with Crippen molar-refractivity contribution in [2.75, 3.05) is 20.2 Å². The van der Waals surface area contributed by atoms with Gasteiger partial charge in [0.25, 0.3) is 11.6 Å². The Labute approximate surface area is 147 Å². The number of nitro groups is 1. The first-order chi connectivity index (χ1) is 12.3. The standard InChI is InChI=1S/C17H15FN2O6/c1-19(5-6-26-15-4-2-3-13(18)10-15)16(21)11-7-12(17(22)23)9-14(8-11)20(24)25/h2-4,7-10H,5-6H2,1H3,(H,22,23). The summed E-state index contributed by atoms with van der Waals surface area (Å²) in [6.45, 7) is 0.173. The summed E-state index contributed by atoms with van der Waals surface area (Å²) >= 11 is 0. The first-order valence-electron chi connectivity index (χ1n) is 7.44. The Bertz CT molecular complexity index is 823. The van der Waals surface area contributed by atoms with Gasteiger partial charge in [-0.15, -0.1) is 0 Å². The highest BCUT2D eigenvalue weighted by Crippen LogP contribution is 2.19. The molecule has 0 aliphatic heterocycles. The van der Waals surface area contributed by atoms with Crippen molar-refractivity contribution in [3.8, 4) is 5.75 Å². The van der Waals surface area contributed by atoms with Crippen LogP contribution in [-0.2, 0) is 0 Å².